The molecule has 0 radical (unpaired) electrons. The van der Waals surface area contributed by atoms with Crippen LogP contribution in [0, 0.1) is 13.8 Å². The first-order valence-corrected chi connectivity index (χ1v) is 7.81. The van der Waals surface area contributed by atoms with Crippen LogP contribution in [0.1, 0.15) is 10.6 Å². The quantitative estimate of drug-likeness (QED) is 0.855. The third kappa shape index (κ3) is 3.08. The Kier molecular flexibility index (Phi) is 3.40. The zero-order valence-corrected chi connectivity index (χ0v) is 11.6. The fourth-order valence-corrected chi connectivity index (χ4v) is 3.54. The standard InChI is InChI=1S/C10H13N3O3S2/c1-6-7(2)17-10(11-6)13-9(14)12-8-3-4-18(15,16)5-8/h3-4,8H,5H2,1-2H3,(H2,11,12,13,14)/t8-/m0/s1. The second-order valence-electron chi connectivity index (χ2n) is 4.02. The van der Waals surface area contributed by atoms with Gasteiger partial charge in [-0.1, -0.05) is 0 Å². The monoisotopic (exact) mass is 287 g/mol. The molecule has 0 fully saturated rings. The largest absolute Gasteiger partial charge is 0.331 e. The first-order valence-electron chi connectivity index (χ1n) is 5.28. The van der Waals surface area contributed by atoms with E-state index in [0.717, 1.165) is 16.0 Å². The Labute approximate surface area is 109 Å². The molecule has 0 unspecified atom stereocenters. The molecule has 0 saturated heterocycles. The Bertz CT molecular complexity index is 584. The van der Waals surface area contributed by atoms with Gasteiger partial charge in [-0.15, -0.1) is 11.3 Å². The van der Waals surface area contributed by atoms with E-state index in [2.05, 4.69) is 15.6 Å². The van der Waals surface area contributed by atoms with Crippen molar-refractivity contribution in [2.24, 2.45) is 0 Å². The third-order valence-electron chi connectivity index (χ3n) is 2.50. The second-order valence-corrected chi connectivity index (χ2v) is 7.16. The van der Waals surface area contributed by atoms with Gasteiger partial charge in [-0.05, 0) is 19.9 Å². The minimum atomic E-state index is -3.15. The molecule has 2 N–H and O–H groups in total. The molecule has 0 bridgehead atoms. The number of sulfone groups is 1. The van der Waals surface area contributed by atoms with E-state index >= 15 is 0 Å². The van der Waals surface area contributed by atoms with Crippen LogP contribution in [0.15, 0.2) is 11.5 Å². The zero-order valence-electron chi connectivity index (χ0n) is 9.93. The lowest BCUT2D eigenvalue weighted by Crippen LogP contribution is -2.38. The summed E-state index contributed by atoms with van der Waals surface area (Å²) in [6, 6.07) is -0.923. The van der Waals surface area contributed by atoms with E-state index in [0.29, 0.717) is 5.13 Å². The molecule has 2 amide bonds. The molecule has 0 spiro atoms. The predicted octanol–water partition coefficient (Wildman–Crippen LogP) is 1.19. The molecule has 2 rings (SSSR count). The molecule has 2 heterocycles. The van der Waals surface area contributed by atoms with E-state index in [1.54, 1.807) is 0 Å². The average Bonchev–Trinajstić information content (AvgIpc) is 2.71. The van der Waals surface area contributed by atoms with Gasteiger partial charge in [-0.3, -0.25) is 5.32 Å². The molecule has 18 heavy (non-hydrogen) atoms. The third-order valence-corrected chi connectivity index (χ3v) is 4.88. The fraction of sp³-hybridized carbons (Fsp3) is 0.400. The van der Waals surface area contributed by atoms with Crippen LogP contribution < -0.4 is 10.6 Å². The summed E-state index contributed by atoms with van der Waals surface area (Å²) in [5, 5.41) is 6.78. The van der Waals surface area contributed by atoms with Gasteiger partial charge in [-0.25, -0.2) is 18.2 Å². The van der Waals surface area contributed by atoms with E-state index in [4.69, 9.17) is 0 Å². The molecular weight excluding hydrogens is 274 g/mol. The van der Waals surface area contributed by atoms with Crippen molar-refractivity contribution in [3.05, 3.63) is 22.1 Å². The van der Waals surface area contributed by atoms with Crippen LogP contribution in [-0.4, -0.2) is 31.2 Å². The van der Waals surface area contributed by atoms with Crippen LogP contribution in [-0.2, 0) is 9.84 Å². The lowest BCUT2D eigenvalue weighted by Gasteiger charge is -2.09. The summed E-state index contributed by atoms with van der Waals surface area (Å²) >= 11 is 1.38. The van der Waals surface area contributed by atoms with Crippen LogP contribution in [0.4, 0.5) is 9.93 Å². The van der Waals surface area contributed by atoms with Gasteiger partial charge in [0, 0.05) is 10.3 Å². The zero-order chi connectivity index (χ0) is 13.3. The number of nitrogens with one attached hydrogen (secondary N) is 2. The summed E-state index contributed by atoms with van der Waals surface area (Å²) in [5.41, 5.74) is 0.874. The smallest absolute Gasteiger partial charge is 0.321 e. The van der Waals surface area contributed by atoms with E-state index in [-0.39, 0.29) is 5.75 Å². The summed E-state index contributed by atoms with van der Waals surface area (Å²) in [7, 11) is -3.15. The Morgan fingerprint density at radius 3 is 2.72 bits per heavy atom. The number of urea groups is 1. The van der Waals surface area contributed by atoms with Gasteiger partial charge in [-0.2, -0.15) is 0 Å². The van der Waals surface area contributed by atoms with Crippen molar-refractivity contribution >= 4 is 32.3 Å². The number of aryl methyl sites for hydroxylation is 2. The molecule has 1 atom stereocenters. The number of carbonyl (C=O) groups is 1. The van der Waals surface area contributed by atoms with Crippen molar-refractivity contribution < 1.29 is 13.2 Å². The Balaban J connectivity index is 1.92. The molecule has 1 aromatic rings. The van der Waals surface area contributed by atoms with Crippen LogP contribution in [0.5, 0.6) is 0 Å². The number of hydrogen-bond donors (Lipinski definition) is 2. The van der Waals surface area contributed by atoms with Crippen molar-refractivity contribution in [3.8, 4) is 0 Å². The van der Waals surface area contributed by atoms with Gasteiger partial charge in [0.25, 0.3) is 0 Å². The minimum Gasteiger partial charge on any atom is -0.331 e. The van der Waals surface area contributed by atoms with Gasteiger partial charge < -0.3 is 5.32 Å². The number of amides is 2. The Morgan fingerprint density at radius 2 is 2.22 bits per heavy atom. The second kappa shape index (κ2) is 4.69. The number of thiazole rings is 1. The van der Waals surface area contributed by atoms with Crippen molar-refractivity contribution in [2.75, 3.05) is 11.1 Å². The topological polar surface area (TPSA) is 88.2 Å². The van der Waals surface area contributed by atoms with Gasteiger partial charge in [0.15, 0.2) is 15.0 Å². The first-order chi connectivity index (χ1) is 8.35. The molecular formula is C10H13N3O3S2. The highest BCUT2D eigenvalue weighted by molar-refractivity contribution is 7.94. The number of hydrogen-bond acceptors (Lipinski definition) is 5. The Hall–Kier alpha value is -1.41. The van der Waals surface area contributed by atoms with E-state index < -0.39 is 21.9 Å². The van der Waals surface area contributed by atoms with E-state index in [1.807, 2.05) is 13.8 Å². The van der Waals surface area contributed by atoms with Gasteiger partial charge >= 0.3 is 6.03 Å². The highest BCUT2D eigenvalue weighted by Gasteiger charge is 2.23. The maximum Gasteiger partial charge on any atom is 0.321 e. The van der Waals surface area contributed by atoms with Crippen molar-refractivity contribution in [1.82, 2.24) is 10.3 Å². The van der Waals surface area contributed by atoms with Crippen molar-refractivity contribution in [3.63, 3.8) is 0 Å². The first kappa shape index (κ1) is 13.0. The maximum atomic E-state index is 11.6. The van der Waals surface area contributed by atoms with Crippen LogP contribution >= 0.6 is 11.3 Å². The number of anilines is 1. The SMILES string of the molecule is Cc1nc(NC(=O)N[C@H]2C=CS(=O)(=O)C2)sc1C. The van der Waals surface area contributed by atoms with Crippen molar-refractivity contribution in [2.45, 2.75) is 19.9 Å². The number of nitrogens with zero attached hydrogens (tertiary/aromatic N) is 1. The van der Waals surface area contributed by atoms with E-state index in [1.165, 1.54) is 17.4 Å². The van der Waals surface area contributed by atoms with Crippen molar-refractivity contribution in [1.29, 1.82) is 0 Å². The molecule has 8 heteroatoms. The molecule has 1 aromatic heterocycles. The van der Waals surface area contributed by atoms with Crippen LogP contribution in [0.3, 0.4) is 0 Å². The van der Waals surface area contributed by atoms with Crippen LogP contribution in [0.25, 0.3) is 0 Å². The van der Waals surface area contributed by atoms with E-state index in [9.17, 15) is 13.2 Å². The molecule has 1 aliphatic rings. The number of aromatic nitrogens is 1. The molecule has 1 aliphatic heterocycles. The normalized spacial score (nSPS) is 20.9. The summed E-state index contributed by atoms with van der Waals surface area (Å²) < 4.78 is 22.3. The van der Waals surface area contributed by atoms with Gasteiger partial charge in [0.2, 0.25) is 0 Å². The highest BCUT2D eigenvalue weighted by atomic mass is 32.2. The van der Waals surface area contributed by atoms with Gasteiger partial charge in [0.05, 0.1) is 17.5 Å². The summed E-state index contributed by atoms with van der Waals surface area (Å²) in [6.45, 7) is 3.78. The number of carbonyl (C=O) groups excluding carboxylic acids is 1. The molecule has 0 aromatic carbocycles. The molecule has 0 aliphatic carbocycles. The molecule has 0 saturated carbocycles. The number of rotatable bonds is 2. The summed E-state index contributed by atoms with van der Waals surface area (Å²) in [5.74, 6) is -0.0870. The predicted molar refractivity (Wildman–Crippen MR) is 70.5 cm³/mol. The Morgan fingerprint density at radius 1 is 1.50 bits per heavy atom. The lowest BCUT2D eigenvalue weighted by atomic mass is 10.3. The highest BCUT2D eigenvalue weighted by Crippen LogP contribution is 2.20. The summed E-state index contributed by atoms with van der Waals surface area (Å²) in [6.07, 6.45) is 1.47. The summed E-state index contributed by atoms with van der Waals surface area (Å²) in [4.78, 5) is 16.8. The molecule has 6 nitrogen and oxygen atoms in total. The average molecular weight is 287 g/mol. The van der Waals surface area contributed by atoms with Crippen LogP contribution in [0.2, 0.25) is 0 Å². The minimum absolute atomic E-state index is 0.0870. The maximum absolute atomic E-state index is 11.6. The van der Waals surface area contributed by atoms with Gasteiger partial charge in [0.1, 0.15) is 0 Å². The molecule has 98 valence electrons. The lowest BCUT2D eigenvalue weighted by molar-refractivity contribution is 0.251. The fourth-order valence-electron chi connectivity index (χ4n) is 1.49.